The molecule has 1 heterocycles. The summed E-state index contributed by atoms with van der Waals surface area (Å²) in [6, 6.07) is 17.2. The van der Waals surface area contributed by atoms with Crippen LogP contribution in [0.3, 0.4) is 0 Å². The molecule has 1 amide bonds. The number of carbonyl (C=O) groups is 1. The van der Waals surface area contributed by atoms with Crippen molar-refractivity contribution in [2.45, 2.75) is 13.0 Å². The predicted molar refractivity (Wildman–Crippen MR) is 105 cm³/mol. The van der Waals surface area contributed by atoms with Crippen molar-refractivity contribution in [3.8, 4) is 5.75 Å². The largest absolute Gasteiger partial charge is 0.497 e. The Morgan fingerprint density at radius 3 is 2.41 bits per heavy atom. The monoisotopic (exact) mass is 367 g/mol. The maximum Gasteiger partial charge on any atom is 0.271 e. The zero-order valence-electron chi connectivity index (χ0n) is 15.7. The molecule has 0 spiro atoms. The van der Waals surface area contributed by atoms with Gasteiger partial charge in [0.1, 0.15) is 5.75 Å². The van der Waals surface area contributed by atoms with Crippen LogP contribution in [0.5, 0.6) is 5.75 Å². The first-order valence-corrected chi connectivity index (χ1v) is 9.04. The summed E-state index contributed by atoms with van der Waals surface area (Å²) in [5.41, 5.74) is 5.20. The second-order valence-corrected chi connectivity index (χ2v) is 6.38. The predicted octanol–water partition coefficient (Wildman–Crippen LogP) is 2.87. The molecule has 1 aliphatic rings. The number of carbonyl (C=O) groups excluding carboxylic acids is 1. The highest BCUT2D eigenvalue weighted by molar-refractivity contribution is 5.96. The number of ether oxygens (including phenoxy) is 2. The Balaban J connectivity index is 1.75. The first-order valence-electron chi connectivity index (χ1n) is 9.04. The molecule has 0 aromatic heterocycles. The highest BCUT2D eigenvalue weighted by atomic mass is 16.5. The van der Waals surface area contributed by atoms with Crippen molar-refractivity contribution in [1.82, 2.24) is 10.3 Å². The number of nitrogens with one attached hydrogen (secondary N) is 1. The van der Waals surface area contributed by atoms with Crippen LogP contribution < -0.4 is 10.2 Å². The molecule has 0 saturated carbocycles. The zero-order valence-corrected chi connectivity index (χ0v) is 15.7. The third-order valence-electron chi connectivity index (χ3n) is 4.61. The van der Waals surface area contributed by atoms with Crippen LogP contribution >= 0.6 is 0 Å². The van der Waals surface area contributed by atoms with Gasteiger partial charge in [0, 0.05) is 18.7 Å². The molecule has 1 aliphatic heterocycles. The van der Waals surface area contributed by atoms with Crippen molar-refractivity contribution in [2.75, 3.05) is 33.4 Å². The van der Waals surface area contributed by atoms with E-state index in [0.717, 1.165) is 24.4 Å². The number of morpholine rings is 1. The topological polar surface area (TPSA) is 63.2 Å². The van der Waals surface area contributed by atoms with Gasteiger partial charge in [-0.15, -0.1) is 0 Å². The molecule has 0 aliphatic carbocycles. The minimum atomic E-state index is -0.245. The van der Waals surface area contributed by atoms with Crippen molar-refractivity contribution in [3.05, 3.63) is 65.7 Å². The fourth-order valence-electron chi connectivity index (χ4n) is 3.19. The molecule has 6 nitrogen and oxygen atoms in total. The molecule has 0 bridgehead atoms. The zero-order chi connectivity index (χ0) is 19.1. The first kappa shape index (κ1) is 19.1. The molecule has 0 unspecified atom stereocenters. The van der Waals surface area contributed by atoms with E-state index < -0.39 is 0 Å². The molecule has 27 heavy (non-hydrogen) atoms. The van der Waals surface area contributed by atoms with E-state index in [2.05, 4.69) is 27.6 Å². The van der Waals surface area contributed by atoms with Crippen LogP contribution in [-0.2, 0) is 4.74 Å². The number of hydrazone groups is 1. The molecule has 1 N–H and O–H groups in total. The lowest BCUT2D eigenvalue weighted by Crippen LogP contribution is -2.42. The molecule has 1 atom stereocenters. The van der Waals surface area contributed by atoms with Gasteiger partial charge in [-0.05, 0) is 36.8 Å². The Labute approximate surface area is 159 Å². The van der Waals surface area contributed by atoms with E-state index in [-0.39, 0.29) is 11.9 Å². The number of amides is 1. The number of hydrogen-bond donors (Lipinski definition) is 1. The smallest absolute Gasteiger partial charge is 0.271 e. The Morgan fingerprint density at radius 2 is 1.78 bits per heavy atom. The lowest BCUT2D eigenvalue weighted by molar-refractivity contribution is 0.0285. The third-order valence-corrected chi connectivity index (χ3v) is 4.61. The molecule has 6 heteroatoms. The van der Waals surface area contributed by atoms with Gasteiger partial charge in [-0.3, -0.25) is 9.69 Å². The minimum absolute atomic E-state index is 0.00580. The van der Waals surface area contributed by atoms with Gasteiger partial charge in [0.2, 0.25) is 0 Å². The lowest BCUT2D eigenvalue weighted by atomic mass is 10.0. The Kier molecular flexibility index (Phi) is 6.57. The maximum atomic E-state index is 12.4. The summed E-state index contributed by atoms with van der Waals surface area (Å²) in [5, 5.41) is 4.40. The summed E-state index contributed by atoms with van der Waals surface area (Å²) in [6.07, 6.45) is 0. The molecule has 142 valence electrons. The molecule has 1 saturated heterocycles. The van der Waals surface area contributed by atoms with Gasteiger partial charge in [0.15, 0.2) is 0 Å². The van der Waals surface area contributed by atoms with E-state index in [9.17, 15) is 4.79 Å². The van der Waals surface area contributed by atoms with Gasteiger partial charge in [0.05, 0.1) is 32.1 Å². The Morgan fingerprint density at radius 1 is 1.11 bits per heavy atom. The van der Waals surface area contributed by atoms with Crippen molar-refractivity contribution >= 4 is 11.6 Å². The highest BCUT2D eigenvalue weighted by Gasteiger charge is 2.25. The van der Waals surface area contributed by atoms with Gasteiger partial charge in [-0.1, -0.05) is 30.3 Å². The Hall–Kier alpha value is -2.70. The van der Waals surface area contributed by atoms with Gasteiger partial charge >= 0.3 is 0 Å². The summed E-state index contributed by atoms with van der Waals surface area (Å²) in [5.74, 6) is 0.466. The summed E-state index contributed by atoms with van der Waals surface area (Å²) >= 11 is 0. The van der Waals surface area contributed by atoms with Gasteiger partial charge in [0.25, 0.3) is 5.91 Å². The molecule has 3 rings (SSSR count). The van der Waals surface area contributed by atoms with Crippen LogP contribution in [-0.4, -0.2) is 49.9 Å². The van der Waals surface area contributed by atoms with Crippen LogP contribution in [0.2, 0.25) is 0 Å². The van der Waals surface area contributed by atoms with Gasteiger partial charge in [-0.2, -0.15) is 5.10 Å². The first-order chi connectivity index (χ1) is 13.2. The summed E-state index contributed by atoms with van der Waals surface area (Å²) in [7, 11) is 1.60. The maximum absolute atomic E-state index is 12.4. The molecule has 1 fully saturated rings. The average molecular weight is 367 g/mol. The quantitative estimate of drug-likeness (QED) is 0.630. The lowest BCUT2D eigenvalue weighted by Gasteiger charge is -2.34. The Bertz CT molecular complexity index is 769. The van der Waals surface area contributed by atoms with E-state index >= 15 is 0 Å². The summed E-state index contributed by atoms with van der Waals surface area (Å²) in [4.78, 5) is 14.7. The number of methoxy groups -OCH3 is 1. The second kappa shape index (κ2) is 9.30. The van der Waals surface area contributed by atoms with Crippen LogP contribution in [0.1, 0.15) is 28.9 Å². The summed E-state index contributed by atoms with van der Waals surface area (Å²) < 4.78 is 10.6. The third kappa shape index (κ3) is 4.93. The van der Waals surface area contributed by atoms with Crippen molar-refractivity contribution in [2.24, 2.45) is 5.10 Å². The minimum Gasteiger partial charge on any atom is -0.497 e. The number of benzene rings is 2. The highest BCUT2D eigenvalue weighted by Crippen LogP contribution is 2.23. The molecular formula is C21H25N3O3. The van der Waals surface area contributed by atoms with Crippen LogP contribution in [0.25, 0.3) is 0 Å². The van der Waals surface area contributed by atoms with Crippen LogP contribution in [0.4, 0.5) is 0 Å². The number of hydrogen-bond acceptors (Lipinski definition) is 5. The average Bonchev–Trinajstić information content (AvgIpc) is 2.74. The molecule has 2 aromatic rings. The van der Waals surface area contributed by atoms with Crippen molar-refractivity contribution in [1.29, 1.82) is 0 Å². The molecule has 2 aromatic carbocycles. The SMILES string of the molecule is COc1ccc(C(=O)N/N=C(/C)[C@H](c2ccccc2)N2CCOCC2)cc1. The molecular weight excluding hydrogens is 342 g/mol. The fourth-order valence-corrected chi connectivity index (χ4v) is 3.19. The van der Waals surface area contributed by atoms with E-state index in [1.54, 1.807) is 31.4 Å². The van der Waals surface area contributed by atoms with Gasteiger partial charge < -0.3 is 9.47 Å². The van der Waals surface area contributed by atoms with Gasteiger partial charge in [-0.25, -0.2) is 5.43 Å². The normalized spacial score (nSPS) is 16.6. The summed E-state index contributed by atoms with van der Waals surface area (Å²) in [6.45, 7) is 5.02. The van der Waals surface area contributed by atoms with Crippen LogP contribution in [0, 0.1) is 0 Å². The van der Waals surface area contributed by atoms with E-state index in [4.69, 9.17) is 9.47 Å². The van der Waals surface area contributed by atoms with Crippen molar-refractivity contribution < 1.29 is 14.3 Å². The van der Waals surface area contributed by atoms with E-state index in [1.807, 2.05) is 25.1 Å². The van der Waals surface area contributed by atoms with E-state index in [1.165, 1.54) is 0 Å². The second-order valence-electron chi connectivity index (χ2n) is 6.38. The van der Waals surface area contributed by atoms with Crippen molar-refractivity contribution in [3.63, 3.8) is 0 Å². The fraction of sp³-hybridized carbons (Fsp3) is 0.333. The standard InChI is InChI=1S/C21H25N3O3/c1-16(22-23-21(25)18-8-10-19(26-2)11-9-18)20(17-6-4-3-5-7-17)24-12-14-27-15-13-24/h3-11,20H,12-15H2,1-2H3,(H,23,25)/b22-16-/t20-/m1/s1. The molecule has 0 radical (unpaired) electrons. The number of nitrogens with zero attached hydrogens (tertiary/aromatic N) is 2. The van der Waals surface area contributed by atoms with E-state index in [0.29, 0.717) is 24.5 Å². The number of rotatable bonds is 6. The van der Waals surface area contributed by atoms with Crippen LogP contribution in [0.15, 0.2) is 59.7 Å².